The monoisotopic (exact) mass is 455 g/mol. The number of amides is 1. The summed E-state index contributed by atoms with van der Waals surface area (Å²) in [6.45, 7) is 4.63. The van der Waals surface area contributed by atoms with Crippen molar-refractivity contribution in [3.8, 4) is 0 Å². The smallest absolute Gasteiger partial charge is 0.243 e. The van der Waals surface area contributed by atoms with Gasteiger partial charge in [-0.2, -0.15) is 0 Å². The second kappa shape index (κ2) is 7.28. The van der Waals surface area contributed by atoms with Gasteiger partial charge in [0.1, 0.15) is 0 Å². The maximum absolute atomic E-state index is 13.5. The number of carbonyl (C=O) groups excluding carboxylic acids is 2. The fraction of sp³-hybridized carbons (Fsp3) is 0.615. The Morgan fingerprint density at radius 2 is 1.72 bits per heavy atom. The molecule has 32 heavy (non-hydrogen) atoms. The molecule has 0 spiro atoms. The summed E-state index contributed by atoms with van der Waals surface area (Å²) in [5.41, 5.74) is 0.611. The third-order valence-corrected chi connectivity index (χ3v) is 10.7. The summed E-state index contributed by atoms with van der Waals surface area (Å²) in [5.74, 6) is 1.83. The largest absolute Gasteiger partial charge is 0.349 e. The lowest BCUT2D eigenvalue weighted by atomic mass is 9.47. The van der Waals surface area contributed by atoms with Crippen molar-refractivity contribution in [3.63, 3.8) is 0 Å². The molecule has 7 atom stereocenters. The van der Waals surface area contributed by atoms with E-state index >= 15 is 0 Å². The van der Waals surface area contributed by atoms with Crippen molar-refractivity contribution < 1.29 is 18.0 Å². The molecule has 3 saturated carbocycles. The van der Waals surface area contributed by atoms with Gasteiger partial charge in [0.25, 0.3) is 0 Å². The first-order valence-electron chi connectivity index (χ1n) is 11.9. The van der Waals surface area contributed by atoms with Crippen LogP contribution >= 0.6 is 0 Å². The van der Waals surface area contributed by atoms with E-state index in [4.69, 9.17) is 0 Å². The van der Waals surface area contributed by atoms with Gasteiger partial charge >= 0.3 is 0 Å². The third kappa shape index (κ3) is 3.20. The summed E-state index contributed by atoms with van der Waals surface area (Å²) in [4.78, 5) is 25.7. The summed E-state index contributed by atoms with van der Waals surface area (Å²) in [6, 6.07) is 6.70. The Balaban J connectivity index is 1.40. The molecule has 0 saturated heterocycles. The molecule has 4 aliphatic rings. The minimum atomic E-state index is -3.27. The van der Waals surface area contributed by atoms with Crippen molar-refractivity contribution in [2.75, 3.05) is 6.26 Å². The highest BCUT2D eigenvalue weighted by atomic mass is 32.2. The van der Waals surface area contributed by atoms with E-state index in [1.165, 1.54) is 6.26 Å². The second-order valence-electron chi connectivity index (χ2n) is 11.0. The van der Waals surface area contributed by atoms with Crippen LogP contribution < -0.4 is 5.32 Å². The highest BCUT2D eigenvalue weighted by Crippen LogP contribution is 2.65. The summed E-state index contributed by atoms with van der Waals surface area (Å²) in [5, 5.41) is 3.20. The quantitative estimate of drug-likeness (QED) is 0.693. The molecular weight excluding hydrogens is 422 g/mol. The van der Waals surface area contributed by atoms with E-state index in [2.05, 4.69) is 25.2 Å². The first-order valence-corrected chi connectivity index (χ1v) is 13.8. The molecule has 0 bridgehead atoms. The number of rotatable bonds is 3. The molecule has 1 amide bonds. The Labute approximate surface area is 191 Å². The molecule has 5 nitrogen and oxygen atoms in total. The minimum absolute atomic E-state index is 0.00171. The van der Waals surface area contributed by atoms with Crippen LogP contribution in [0.3, 0.4) is 0 Å². The van der Waals surface area contributed by atoms with E-state index < -0.39 is 9.84 Å². The van der Waals surface area contributed by atoms with Crippen molar-refractivity contribution in [3.05, 3.63) is 42.0 Å². The average Bonchev–Trinajstić information content (AvgIpc) is 3.10. The molecule has 1 aromatic carbocycles. The molecule has 1 aromatic rings. The number of benzene rings is 1. The van der Waals surface area contributed by atoms with Gasteiger partial charge in [0, 0.05) is 29.2 Å². The van der Waals surface area contributed by atoms with Crippen LogP contribution in [0.1, 0.15) is 62.7 Å². The van der Waals surface area contributed by atoms with Crippen molar-refractivity contribution in [1.82, 2.24) is 5.32 Å². The summed E-state index contributed by atoms with van der Waals surface area (Å²) < 4.78 is 23.5. The van der Waals surface area contributed by atoms with Gasteiger partial charge in [-0.05, 0) is 79.9 Å². The summed E-state index contributed by atoms with van der Waals surface area (Å²) in [7, 11) is -3.27. The lowest BCUT2D eigenvalue weighted by Crippen LogP contribution is -2.59. The van der Waals surface area contributed by atoms with E-state index in [0.717, 1.165) is 38.5 Å². The fourth-order valence-electron chi connectivity index (χ4n) is 7.83. The number of hydrogen-bond donors (Lipinski definition) is 1. The highest BCUT2D eigenvalue weighted by molar-refractivity contribution is 7.90. The van der Waals surface area contributed by atoms with Crippen molar-refractivity contribution in [2.45, 2.75) is 63.3 Å². The van der Waals surface area contributed by atoms with Crippen LogP contribution in [0.4, 0.5) is 0 Å². The molecule has 5 rings (SSSR count). The Morgan fingerprint density at radius 3 is 2.41 bits per heavy atom. The SMILES string of the molecule is C[C@]12C=CC(=O)NC1CC[C@@H]1[C@H]2CC[C@]2(C)C(C(=O)c3ccc(S(C)(=O)=O)cc3)CC[C@@H]12. The van der Waals surface area contributed by atoms with E-state index in [-0.39, 0.29) is 39.4 Å². The van der Waals surface area contributed by atoms with E-state index in [1.54, 1.807) is 30.3 Å². The van der Waals surface area contributed by atoms with E-state index in [1.807, 2.05) is 0 Å². The van der Waals surface area contributed by atoms with Gasteiger partial charge in [-0.15, -0.1) is 0 Å². The number of sulfone groups is 1. The number of carbonyl (C=O) groups is 2. The van der Waals surface area contributed by atoms with Crippen LogP contribution in [0.15, 0.2) is 41.3 Å². The van der Waals surface area contributed by atoms with Crippen molar-refractivity contribution >= 4 is 21.5 Å². The molecule has 3 fully saturated rings. The Bertz CT molecular complexity index is 1090. The third-order valence-electron chi connectivity index (χ3n) is 9.57. The predicted molar refractivity (Wildman–Crippen MR) is 123 cm³/mol. The van der Waals surface area contributed by atoms with Crippen LogP contribution in [0, 0.1) is 34.5 Å². The molecule has 1 heterocycles. The molecular formula is C26H33NO4S. The number of hydrogen-bond acceptors (Lipinski definition) is 4. The fourth-order valence-corrected chi connectivity index (χ4v) is 8.46. The van der Waals surface area contributed by atoms with Crippen LogP contribution in [0.2, 0.25) is 0 Å². The van der Waals surface area contributed by atoms with Crippen LogP contribution in [-0.4, -0.2) is 32.4 Å². The van der Waals surface area contributed by atoms with E-state index in [0.29, 0.717) is 23.3 Å². The molecule has 2 unspecified atom stereocenters. The maximum Gasteiger partial charge on any atom is 0.243 e. The van der Waals surface area contributed by atoms with E-state index in [9.17, 15) is 18.0 Å². The molecule has 1 aliphatic heterocycles. The Kier molecular flexibility index (Phi) is 4.97. The standard InChI is InChI=1S/C26H33NO4S/c1-25-14-12-20-18(8-11-22-26(20,2)15-13-23(28)27-22)19(25)9-10-21(25)24(29)16-4-6-17(7-5-16)32(3,30)31/h4-7,13,15,18-22H,8-12,14H2,1-3H3,(H,27,28)/t18-,19-,20+,21?,22?,25-,26+/m0/s1. The summed E-state index contributed by atoms with van der Waals surface area (Å²) >= 11 is 0. The molecule has 0 aromatic heterocycles. The Morgan fingerprint density at radius 1 is 1.00 bits per heavy atom. The molecule has 1 N–H and O–H groups in total. The van der Waals surface area contributed by atoms with Crippen molar-refractivity contribution in [2.24, 2.45) is 34.5 Å². The van der Waals surface area contributed by atoms with Gasteiger partial charge in [-0.1, -0.05) is 32.1 Å². The normalized spacial score (nSPS) is 40.7. The van der Waals surface area contributed by atoms with Gasteiger partial charge in [0.05, 0.1) is 4.90 Å². The zero-order valence-corrected chi connectivity index (χ0v) is 20.0. The first-order chi connectivity index (χ1) is 15.0. The van der Waals surface area contributed by atoms with Gasteiger partial charge in [-0.25, -0.2) is 8.42 Å². The van der Waals surface area contributed by atoms with Crippen LogP contribution in [0.5, 0.6) is 0 Å². The minimum Gasteiger partial charge on any atom is -0.349 e. The topological polar surface area (TPSA) is 80.3 Å². The molecule has 0 radical (unpaired) electrons. The van der Waals surface area contributed by atoms with Crippen molar-refractivity contribution in [1.29, 1.82) is 0 Å². The highest BCUT2D eigenvalue weighted by Gasteiger charge is 2.60. The lowest BCUT2D eigenvalue weighted by Gasteiger charge is -2.58. The zero-order valence-electron chi connectivity index (χ0n) is 19.1. The van der Waals surface area contributed by atoms with Gasteiger partial charge in [0.2, 0.25) is 5.91 Å². The predicted octanol–water partition coefficient (Wildman–Crippen LogP) is 4.19. The summed E-state index contributed by atoms with van der Waals surface area (Å²) in [6.07, 6.45) is 11.3. The number of Topliss-reactive ketones (excluding diaryl/α,β-unsaturated/α-hetero) is 1. The van der Waals surface area contributed by atoms with Crippen LogP contribution in [-0.2, 0) is 14.6 Å². The number of ketones is 1. The zero-order chi connectivity index (χ0) is 22.9. The number of fused-ring (bicyclic) bond motifs is 5. The first kappa shape index (κ1) is 21.9. The average molecular weight is 456 g/mol. The maximum atomic E-state index is 13.5. The van der Waals surface area contributed by atoms with Gasteiger partial charge in [-0.3, -0.25) is 9.59 Å². The molecule has 6 heteroatoms. The molecule has 172 valence electrons. The lowest BCUT2D eigenvalue weighted by molar-refractivity contribution is -0.122. The van der Waals surface area contributed by atoms with Gasteiger partial charge < -0.3 is 5.32 Å². The van der Waals surface area contributed by atoms with Gasteiger partial charge in [0.15, 0.2) is 15.6 Å². The Hall–Kier alpha value is -1.95. The molecule has 3 aliphatic carbocycles. The number of nitrogens with one attached hydrogen (secondary N) is 1. The second-order valence-corrected chi connectivity index (χ2v) is 13.1. The van der Waals surface area contributed by atoms with Crippen LogP contribution in [0.25, 0.3) is 0 Å².